The van der Waals surface area contributed by atoms with Gasteiger partial charge in [0.25, 0.3) is 0 Å². The standard InChI is InChI=1S/C19H20N2OS/c1-2-19(17-9-5-3-6-10-17)23(22)15-16-13-20-21(14-16)18-11-7-4-8-12-18/h3-14,19H,2,15H2,1H3/t19-,23+/m1/s1. The topological polar surface area (TPSA) is 34.9 Å². The summed E-state index contributed by atoms with van der Waals surface area (Å²) in [6.07, 6.45) is 4.64. The summed E-state index contributed by atoms with van der Waals surface area (Å²) in [5, 5.41) is 4.45. The first-order chi connectivity index (χ1) is 11.3. The summed E-state index contributed by atoms with van der Waals surface area (Å²) in [7, 11) is -0.956. The number of nitrogens with zero attached hydrogens (tertiary/aromatic N) is 2. The molecule has 0 radical (unpaired) electrons. The molecular formula is C19H20N2OS. The Hall–Kier alpha value is -2.20. The molecule has 0 amide bonds. The summed E-state index contributed by atoms with van der Waals surface area (Å²) in [6.45, 7) is 2.09. The normalized spacial score (nSPS) is 13.6. The predicted octanol–water partition coefficient (Wildman–Crippen LogP) is 4.27. The molecular weight excluding hydrogens is 304 g/mol. The van der Waals surface area contributed by atoms with Crippen LogP contribution in [-0.2, 0) is 16.6 Å². The Bertz CT molecular complexity index is 768. The Balaban J connectivity index is 1.74. The molecule has 0 saturated carbocycles. The van der Waals surface area contributed by atoms with E-state index in [0.29, 0.717) is 5.75 Å². The molecule has 23 heavy (non-hydrogen) atoms. The molecule has 1 heterocycles. The lowest BCUT2D eigenvalue weighted by atomic mass is 10.1. The van der Waals surface area contributed by atoms with E-state index in [1.54, 1.807) is 0 Å². The molecule has 4 heteroatoms. The monoisotopic (exact) mass is 324 g/mol. The van der Waals surface area contributed by atoms with Crippen LogP contribution in [0.3, 0.4) is 0 Å². The summed E-state index contributed by atoms with van der Waals surface area (Å²) < 4.78 is 14.6. The fraction of sp³-hybridized carbons (Fsp3) is 0.211. The molecule has 0 N–H and O–H groups in total. The smallest absolute Gasteiger partial charge is 0.0645 e. The minimum atomic E-state index is -0.956. The van der Waals surface area contributed by atoms with Crippen molar-refractivity contribution >= 4 is 10.8 Å². The summed E-state index contributed by atoms with van der Waals surface area (Å²) in [4.78, 5) is 0. The molecule has 0 saturated heterocycles. The molecule has 0 aliphatic rings. The molecule has 3 nitrogen and oxygen atoms in total. The van der Waals surface area contributed by atoms with Crippen LogP contribution in [0.2, 0.25) is 0 Å². The Morgan fingerprint density at radius 3 is 2.35 bits per heavy atom. The Morgan fingerprint density at radius 1 is 1.04 bits per heavy atom. The van der Waals surface area contributed by atoms with Crippen LogP contribution in [-0.4, -0.2) is 14.0 Å². The van der Waals surface area contributed by atoms with Gasteiger partial charge in [0.2, 0.25) is 0 Å². The van der Waals surface area contributed by atoms with Crippen LogP contribution in [0, 0.1) is 0 Å². The first-order valence-corrected chi connectivity index (χ1v) is 9.17. The third-order valence-corrected chi connectivity index (χ3v) is 5.68. The second kappa shape index (κ2) is 7.38. The van der Waals surface area contributed by atoms with Crippen molar-refractivity contribution in [3.63, 3.8) is 0 Å². The summed E-state index contributed by atoms with van der Waals surface area (Å²) in [5.74, 6) is 0.528. The zero-order valence-corrected chi connectivity index (χ0v) is 13.9. The highest BCUT2D eigenvalue weighted by molar-refractivity contribution is 7.84. The zero-order chi connectivity index (χ0) is 16.1. The molecule has 0 bridgehead atoms. The highest BCUT2D eigenvalue weighted by atomic mass is 32.2. The van der Waals surface area contributed by atoms with Crippen molar-refractivity contribution < 1.29 is 4.21 Å². The highest BCUT2D eigenvalue weighted by Gasteiger charge is 2.17. The van der Waals surface area contributed by atoms with Crippen molar-refractivity contribution in [2.45, 2.75) is 24.3 Å². The molecule has 3 rings (SSSR count). The van der Waals surface area contributed by atoms with Gasteiger partial charge in [-0.2, -0.15) is 5.10 Å². The highest BCUT2D eigenvalue weighted by Crippen LogP contribution is 2.25. The maximum atomic E-state index is 12.8. The van der Waals surface area contributed by atoms with E-state index in [1.165, 1.54) is 0 Å². The zero-order valence-electron chi connectivity index (χ0n) is 13.1. The minimum absolute atomic E-state index is 0.0660. The molecule has 0 aliphatic carbocycles. The van der Waals surface area contributed by atoms with E-state index in [-0.39, 0.29) is 5.25 Å². The van der Waals surface area contributed by atoms with Crippen molar-refractivity contribution in [2.75, 3.05) is 0 Å². The van der Waals surface area contributed by atoms with Gasteiger partial charge in [-0.05, 0) is 24.1 Å². The van der Waals surface area contributed by atoms with E-state index >= 15 is 0 Å². The van der Waals surface area contributed by atoms with E-state index in [2.05, 4.69) is 24.2 Å². The van der Waals surface area contributed by atoms with E-state index in [0.717, 1.165) is 23.2 Å². The van der Waals surface area contributed by atoms with E-state index < -0.39 is 10.8 Å². The maximum Gasteiger partial charge on any atom is 0.0645 e. The summed E-state index contributed by atoms with van der Waals surface area (Å²) in [5.41, 5.74) is 3.16. The molecule has 0 aliphatic heterocycles. The molecule has 0 unspecified atom stereocenters. The molecule has 0 fully saturated rings. The minimum Gasteiger partial charge on any atom is -0.259 e. The summed E-state index contributed by atoms with van der Waals surface area (Å²) in [6, 6.07) is 20.1. The Labute approximate surface area is 139 Å². The first kappa shape index (κ1) is 15.7. The number of hydrogen-bond donors (Lipinski definition) is 0. The van der Waals surface area contributed by atoms with Gasteiger partial charge >= 0.3 is 0 Å². The molecule has 2 atom stereocenters. The first-order valence-electron chi connectivity index (χ1n) is 7.79. The maximum absolute atomic E-state index is 12.8. The second-order valence-corrected chi connectivity index (χ2v) is 7.08. The third-order valence-electron chi connectivity index (χ3n) is 3.83. The van der Waals surface area contributed by atoms with Gasteiger partial charge in [0.15, 0.2) is 0 Å². The van der Waals surface area contributed by atoms with E-state index in [9.17, 15) is 4.21 Å². The van der Waals surface area contributed by atoms with Gasteiger partial charge in [0, 0.05) is 22.6 Å². The largest absolute Gasteiger partial charge is 0.259 e. The van der Waals surface area contributed by atoms with Crippen molar-refractivity contribution in [1.29, 1.82) is 0 Å². The van der Waals surface area contributed by atoms with Crippen molar-refractivity contribution in [2.24, 2.45) is 0 Å². The van der Waals surface area contributed by atoms with Gasteiger partial charge in [-0.1, -0.05) is 55.5 Å². The second-order valence-electron chi connectivity index (χ2n) is 5.46. The number of rotatable bonds is 6. The van der Waals surface area contributed by atoms with Crippen LogP contribution in [0.15, 0.2) is 73.1 Å². The van der Waals surface area contributed by atoms with Crippen molar-refractivity contribution in [3.05, 3.63) is 84.2 Å². The van der Waals surface area contributed by atoms with Gasteiger partial charge in [-0.15, -0.1) is 0 Å². The quantitative estimate of drug-likeness (QED) is 0.678. The van der Waals surface area contributed by atoms with Gasteiger partial charge < -0.3 is 0 Å². The van der Waals surface area contributed by atoms with Crippen LogP contribution >= 0.6 is 0 Å². The number of aromatic nitrogens is 2. The number of hydrogen-bond acceptors (Lipinski definition) is 2. The lowest BCUT2D eigenvalue weighted by Gasteiger charge is -2.14. The predicted molar refractivity (Wildman–Crippen MR) is 94.9 cm³/mol. The van der Waals surface area contributed by atoms with Crippen molar-refractivity contribution in [1.82, 2.24) is 9.78 Å². The van der Waals surface area contributed by atoms with Crippen LogP contribution in [0.25, 0.3) is 5.69 Å². The van der Waals surface area contributed by atoms with E-state index in [4.69, 9.17) is 0 Å². The van der Waals surface area contributed by atoms with Gasteiger partial charge in [-0.25, -0.2) is 4.68 Å². The van der Waals surface area contributed by atoms with Gasteiger partial charge in [0.05, 0.1) is 22.9 Å². The van der Waals surface area contributed by atoms with Crippen LogP contribution < -0.4 is 0 Å². The fourth-order valence-corrected chi connectivity index (χ4v) is 4.17. The Morgan fingerprint density at radius 2 is 1.70 bits per heavy atom. The molecule has 0 spiro atoms. The molecule has 1 aromatic heterocycles. The average molecular weight is 324 g/mol. The lowest BCUT2D eigenvalue weighted by Crippen LogP contribution is -2.07. The van der Waals surface area contributed by atoms with E-state index in [1.807, 2.05) is 65.6 Å². The van der Waals surface area contributed by atoms with Crippen LogP contribution in [0.5, 0.6) is 0 Å². The SMILES string of the molecule is CC[C@H](c1ccccc1)[S@@](=O)Cc1cnn(-c2ccccc2)c1. The van der Waals surface area contributed by atoms with Crippen molar-refractivity contribution in [3.8, 4) is 5.69 Å². The summed E-state index contributed by atoms with van der Waals surface area (Å²) >= 11 is 0. The van der Waals surface area contributed by atoms with Crippen LogP contribution in [0.1, 0.15) is 29.7 Å². The fourth-order valence-electron chi connectivity index (χ4n) is 2.66. The molecule has 2 aromatic carbocycles. The average Bonchev–Trinajstić information content (AvgIpc) is 3.06. The number of benzene rings is 2. The lowest BCUT2D eigenvalue weighted by molar-refractivity contribution is 0.668. The Kier molecular flexibility index (Phi) is 5.03. The number of para-hydroxylation sites is 1. The van der Waals surface area contributed by atoms with Crippen LogP contribution in [0.4, 0.5) is 0 Å². The molecule has 118 valence electrons. The van der Waals surface area contributed by atoms with Gasteiger partial charge in [0.1, 0.15) is 0 Å². The van der Waals surface area contributed by atoms with Gasteiger partial charge in [-0.3, -0.25) is 4.21 Å². The molecule has 3 aromatic rings. The third kappa shape index (κ3) is 3.77.